The van der Waals surface area contributed by atoms with Gasteiger partial charge in [0.05, 0.1) is 18.1 Å². The molecule has 1 saturated heterocycles. The fourth-order valence-corrected chi connectivity index (χ4v) is 3.49. The van der Waals surface area contributed by atoms with Crippen molar-refractivity contribution in [3.8, 4) is 0 Å². The second-order valence-corrected chi connectivity index (χ2v) is 8.00. The highest BCUT2D eigenvalue weighted by Crippen LogP contribution is 2.26. The number of pyridine rings is 1. The Balaban J connectivity index is 1.44. The van der Waals surface area contributed by atoms with Crippen LogP contribution in [0, 0.1) is 0 Å². The predicted molar refractivity (Wildman–Crippen MR) is 128 cm³/mol. The average molecular weight is 453 g/mol. The zero-order valence-electron chi connectivity index (χ0n) is 18.0. The SMILES string of the molecule is CC(=O)Nc1cccc(Nc2nc(Nc3ccc(N4CCN(C)CC4)cn3)ncc2Cl)c1. The fourth-order valence-electron chi connectivity index (χ4n) is 3.36. The maximum Gasteiger partial charge on any atom is 0.230 e. The molecule has 0 spiro atoms. The van der Waals surface area contributed by atoms with Crippen LogP contribution in [0.15, 0.2) is 48.8 Å². The number of carbonyl (C=O) groups is 1. The summed E-state index contributed by atoms with van der Waals surface area (Å²) in [7, 11) is 2.14. The van der Waals surface area contributed by atoms with Gasteiger partial charge in [0.25, 0.3) is 0 Å². The molecule has 1 fully saturated rings. The molecule has 1 aliphatic heterocycles. The summed E-state index contributed by atoms with van der Waals surface area (Å²) in [6, 6.07) is 11.2. The van der Waals surface area contributed by atoms with Gasteiger partial charge in [-0.05, 0) is 37.4 Å². The van der Waals surface area contributed by atoms with E-state index >= 15 is 0 Å². The van der Waals surface area contributed by atoms with Gasteiger partial charge in [0.15, 0.2) is 5.82 Å². The second-order valence-electron chi connectivity index (χ2n) is 7.59. The van der Waals surface area contributed by atoms with Crippen LogP contribution in [0.5, 0.6) is 0 Å². The van der Waals surface area contributed by atoms with Crippen LogP contribution in [0.2, 0.25) is 5.02 Å². The van der Waals surface area contributed by atoms with Crippen LogP contribution in [0.4, 0.5) is 34.6 Å². The molecule has 166 valence electrons. The summed E-state index contributed by atoms with van der Waals surface area (Å²) < 4.78 is 0. The van der Waals surface area contributed by atoms with Gasteiger partial charge >= 0.3 is 0 Å². The molecule has 0 saturated carbocycles. The number of likely N-dealkylation sites (N-methyl/N-ethyl adjacent to an activating group) is 1. The number of hydrogen-bond acceptors (Lipinski definition) is 8. The largest absolute Gasteiger partial charge is 0.368 e. The monoisotopic (exact) mass is 452 g/mol. The Morgan fingerprint density at radius 3 is 2.50 bits per heavy atom. The third-order valence-corrected chi connectivity index (χ3v) is 5.32. The molecule has 0 aliphatic carbocycles. The Bertz CT molecular complexity index is 1080. The van der Waals surface area contributed by atoms with Gasteiger partial charge in [-0.1, -0.05) is 17.7 Å². The highest BCUT2D eigenvalue weighted by Gasteiger charge is 2.14. The van der Waals surface area contributed by atoms with Crippen molar-refractivity contribution in [2.24, 2.45) is 0 Å². The van der Waals surface area contributed by atoms with Crippen LogP contribution in [0.1, 0.15) is 6.92 Å². The molecule has 0 radical (unpaired) electrons. The van der Waals surface area contributed by atoms with E-state index < -0.39 is 0 Å². The topological polar surface area (TPSA) is 98.3 Å². The predicted octanol–water partition coefficient (Wildman–Crippen LogP) is 3.72. The molecule has 9 nitrogen and oxygen atoms in total. The molecule has 1 amide bonds. The first-order valence-corrected chi connectivity index (χ1v) is 10.7. The number of aromatic nitrogens is 3. The lowest BCUT2D eigenvalue weighted by Gasteiger charge is -2.33. The molecule has 1 aromatic carbocycles. The minimum atomic E-state index is -0.139. The third kappa shape index (κ3) is 5.63. The van der Waals surface area contributed by atoms with E-state index in [0.717, 1.165) is 37.6 Å². The number of rotatable bonds is 6. The van der Waals surface area contributed by atoms with Gasteiger partial charge in [-0.2, -0.15) is 4.98 Å². The highest BCUT2D eigenvalue weighted by molar-refractivity contribution is 6.32. The van der Waals surface area contributed by atoms with Crippen LogP contribution in [0.25, 0.3) is 0 Å². The van der Waals surface area contributed by atoms with Gasteiger partial charge in [0.2, 0.25) is 11.9 Å². The van der Waals surface area contributed by atoms with E-state index in [2.05, 4.69) is 47.7 Å². The molecule has 0 atom stereocenters. The maximum absolute atomic E-state index is 11.3. The van der Waals surface area contributed by atoms with Crippen molar-refractivity contribution in [2.75, 3.05) is 54.1 Å². The lowest BCUT2D eigenvalue weighted by atomic mass is 10.2. The van der Waals surface area contributed by atoms with Crippen molar-refractivity contribution in [3.63, 3.8) is 0 Å². The van der Waals surface area contributed by atoms with Gasteiger partial charge in [0.1, 0.15) is 10.8 Å². The van der Waals surface area contributed by atoms with E-state index in [0.29, 0.717) is 28.3 Å². The number of amides is 1. The summed E-state index contributed by atoms with van der Waals surface area (Å²) in [5, 5.41) is 9.40. The molecular formula is C22H25ClN8O. The molecule has 10 heteroatoms. The Labute approximate surface area is 191 Å². The first-order valence-electron chi connectivity index (χ1n) is 10.3. The highest BCUT2D eigenvalue weighted by atomic mass is 35.5. The smallest absolute Gasteiger partial charge is 0.230 e. The van der Waals surface area contributed by atoms with Crippen molar-refractivity contribution in [1.82, 2.24) is 19.9 Å². The molecule has 3 aromatic rings. The average Bonchev–Trinajstić information content (AvgIpc) is 2.77. The molecule has 0 bridgehead atoms. The number of hydrogen-bond donors (Lipinski definition) is 3. The molecule has 2 aromatic heterocycles. The fraction of sp³-hybridized carbons (Fsp3) is 0.273. The summed E-state index contributed by atoms with van der Waals surface area (Å²) in [6.45, 7) is 5.53. The number of nitrogens with zero attached hydrogens (tertiary/aromatic N) is 5. The normalized spacial score (nSPS) is 14.2. The number of halogens is 1. The standard InChI is InChI=1S/C22H25ClN8O/c1-15(32)26-16-4-3-5-17(12-16)27-21-19(23)14-25-22(29-21)28-20-7-6-18(13-24-20)31-10-8-30(2)9-11-31/h3-7,12-14H,8-11H2,1-2H3,(H,26,32)(H2,24,25,27,28,29). The van der Waals surface area contributed by atoms with Crippen LogP contribution < -0.4 is 20.9 Å². The van der Waals surface area contributed by atoms with E-state index in [-0.39, 0.29) is 5.91 Å². The Hall–Kier alpha value is -3.43. The summed E-state index contributed by atoms with van der Waals surface area (Å²) >= 11 is 6.28. The number of benzene rings is 1. The number of nitrogens with one attached hydrogen (secondary N) is 3. The Morgan fingerprint density at radius 2 is 1.78 bits per heavy atom. The van der Waals surface area contributed by atoms with Crippen LogP contribution in [-0.2, 0) is 4.79 Å². The van der Waals surface area contributed by atoms with Gasteiger partial charge in [0, 0.05) is 44.5 Å². The second kappa shape index (κ2) is 9.80. The lowest BCUT2D eigenvalue weighted by Crippen LogP contribution is -2.44. The molecule has 32 heavy (non-hydrogen) atoms. The summed E-state index contributed by atoms with van der Waals surface area (Å²) in [5.41, 5.74) is 2.51. The van der Waals surface area contributed by atoms with Crippen molar-refractivity contribution < 1.29 is 4.79 Å². The van der Waals surface area contributed by atoms with Crippen molar-refractivity contribution >= 4 is 52.2 Å². The zero-order valence-corrected chi connectivity index (χ0v) is 18.7. The Kier molecular flexibility index (Phi) is 6.67. The van der Waals surface area contributed by atoms with Crippen LogP contribution in [0.3, 0.4) is 0 Å². The van der Waals surface area contributed by atoms with E-state index in [1.54, 1.807) is 12.1 Å². The zero-order chi connectivity index (χ0) is 22.5. The first kappa shape index (κ1) is 21.8. The summed E-state index contributed by atoms with van der Waals surface area (Å²) in [4.78, 5) is 29.1. The first-order chi connectivity index (χ1) is 15.5. The summed E-state index contributed by atoms with van der Waals surface area (Å²) in [6.07, 6.45) is 3.38. The molecule has 4 rings (SSSR count). The van der Waals surface area contributed by atoms with Crippen molar-refractivity contribution in [3.05, 3.63) is 53.8 Å². The van der Waals surface area contributed by atoms with E-state index in [9.17, 15) is 4.79 Å². The number of carbonyl (C=O) groups excluding carboxylic acids is 1. The number of piperazine rings is 1. The van der Waals surface area contributed by atoms with Gasteiger partial charge in [-0.25, -0.2) is 9.97 Å². The Morgan fingerprint density at radius 1 is 1.00 bits per heavy atom. The van der Waals surface area contributed by atoms with Crippen molar-refractivity contribution in [2.45, 2.75) is 6.92 Å². The molecule has 0 unspecified atom stereocenters. The minimum Gasteiger partial charge on any atom is -0.368 e. The molecular weight excluding hydrogens is 428 g/mol. The van der Waals surface area contributed by atoms with Gasteiger partial charge < -0.3 is 25.8 Å². The van der Waals surface area contributed by atoms with E-state index in [1.807, 2.05) is 30.5 Å². The quantitative estimate of drug-likeness (QED) is 0.520. The van der Waals surface area contributed by atoms with Crippen LogP contribution >= 0.6 is 11.6 Å². The molecule has 1 aliphatic rings. The van der Waals surface area contributed by atoms with Gasteiger partial charge in [-0.15, -0.1) is 0 Å². The van der Waals surface area contributed by atoms with Crippen LogP contribution in [-0.4, -0.2) is 59.0 Å². The molecule has 3 N–H and O–H groups in total. The molecule has 3 heterocycles. The van der Waals surface area contributed by atoms with Gasteiger partial charge in [-0.3, -0.25) is 4.79 Å². The maximum atomic E-state index is 11.3. The number of anilines is 6. The lowest BCUT2D eigenvalue weighted by molar-refractivity contribution is -0.114. The van der Waals surface area contributed by atoms with E-state index in [1.165, 1.54) is 13.1 Å². The van der Waals surface area contributed by atoms with E-state index in [4.69, 9.17) is 11.6 Å². The minimum absolute atomic E-state index is 0.139. The van der Waals surface area contributed by atoms with Crippen molar-refractivity contribution in [1.29, 1.82) is 0 Å². The summed E-state index contributed by atoms with van der Waals surface area (Å²) in [5.74, 6) is 1.32. The third-order valence-electron chi connectivity index (χ3n) is 5.05.